The zero-order valence-corrected chi connectivity index (χ0v) is 19.9. The second-order valence-corrected chi connectivity index (χ2v) is 9.66. The van der Waals surface area contributed by atoms with E-state index in [0.29, 0.717) is 21.3 Å². The van der Waals surface area contributed by atoms with Gasteiger partial charge in [0, 0.05) is 18.0 Å². The lowest BCUT2D eigenvalue weighted by Crippen LogP contribution is -2.29. The molecule has 0 aliphatic carbocycles. The Balaban J connectivity index is 1.56. The normalized spacial score (nSPS) is 17.4. The molecule has 0 bridgehead atoms. The summed E-state index contributed by atoms with van der Waals surface area (Å²) >= 11 is 6.97. The smallest absolute Gasteiger partial charge is 0.301 e. The highest BCUT2D eigenvalue weighted by molar-refractivity contribution is 7.22. The van der Waals surface area contributed by atoms with Crippen LogP contribution in [-0.4, -0.2) is 26.8 Å². The third-order valence-electron chi connectivity index (χ3n) is 6.11. The molecule has 1 aliphatic heterocycles. The van der Waals surface area contributed by atoms with Crippen LogP contribution in [0.1, 0.15) is 17.2 Å². The van der Waals surface area contributed by atoms with Gasteiger partial charge >= 0.3 is 5.91 Å². The molecule has 6 nitrogen and oxygen atoms in total. The number of rotatable bonds is 3. The Morgan fingerprint density at radius 1 is 1.00 bits per heavy atom. The molecule has 6 rings (SSSR count). The number of fused-ring (bicyclic) bond motifs is 2. The van der Waals surface area contributed by atoms with E-state index in [-0.39, 0.29) is 21.5 Å². The number of carbonyl (C=O) groups is 2. The van der Waals surface area contributed by atoms with Gasteiger partial charge in [0.05, 0.1) is 26.9 Å². The van der Waals surface area contributed by atoms with Gasteiger partial charge in [-0.15, -0.1) is 0 Å². The molecule has 3 heterocycles. The van der Waals surface area contributed by atoms with Crippen LogP contribution in [0.15, 0.2) is 84.7 Å². The van der Waals surface area contributed by atoms with Crippen LogP contribution in [-0.2, 0) is 9.59 Å². The van der Waals surface area contributed by atoms with Gasteiger partial charge in [0.1, 0.15) is 11.6 Å². The lowest BCUT2D eigenvalue weighted by molar-refractivity contribution is -0.132. The number of halogens is 2. The maximum Gasteiger partial charge on any atom is 0.301 e. The quantitative estimate of drug-likeness (QED) is 0.174. The summed E-state index contributed by atoms with van der Waals surface area (Å²) < 4.78 is 14.5. The van der Waals surface area contributed by atoms with Crippen LogP contribution in [0.25, 0.3) is 26.7 Å². The summed E-state index contributed by atoms with van der Waals surface area (Å²) in [5.41, 5.74) is 1.30. The minimum absolute atomic E-state index is 0.0649. The highest BCUT2D eigenvalue weighted by Gasteiger charge is 2.48. The van der Waals surface area contributed by atoms with E-state index in [2.05, 4.69) is 9.97 Å². The standard InChI is InChI=1S/C27H15ClFN3O3S/c28-18-12-20-21(13-19(18)29)36-27(31-20)32-23(15-7-9-30-10-8-15)22(25(34)26(32)35)24(33)17-6-5-14-3-1-2-4-16(14)11-17/h1-13,23,33H/b24-22+. The minimum atomic E-state index is -0.958. The van der Waals surface area contributed by atoms with Crippen molar-refractivity contribution in [2.45, 2.75) is 6.04 Å². The van der Waals surface area contributed by atoms with Crippen LogP contribution in [0, 0.1) is 5.82 Å². The Morgan fingerprint density at radius 3 is 2.53 bits per heavy atom. The van der Waals surface area contributed by atoms with Crippen molar-refractivity contribution in [3.63, 3.8) is 0 Å². The molecule has 2 aromatic heterocycles. The van der Waals surface area contributed by atoms with Gasteiger partial charge in [-0.3, -0.25) is 19.5 Å². The molecule has 1 saturated heterocycles. The van der Waals surface area contributed by atoms with Gasteiger partial charge in [-0.25, -0.2) is 9.37 Å². The van der Waals surface area contributed by atoms with Crippen LogP contribution >= 0.6 is 22.9 Å². The molecule has 0 spiro atoms. The van der Waals surface area contributed by atoms with Gasteiger partial charge in [0.25, 0.3) is 5.78 Å². The summed E-state index contributed by atoms with van der Waals surface area (Å²) in [5.74, 6) is -2.59. The fraction of sp³-hybridized carbons (Fsp3) is 0.0370. The number of aliphatic hydroxyl groups excluding tert-OH is 1. The molecule has 36 heavy (non-hydrogen) atoms. The Morgan fingerprint density at radius 2 is 1.75 bits per heavy atom. The molecule has 0 radical (unpaired) electrons. The van der Waals surface area contributed by atoms with Crippen molar-refractivity contribution in [3.8, 4) is 0 Å². The van der Waals surface area contributed by atoms with Crippen molar-refractivity contribution in [2.75, 3.05) is 4.90 Å². The second-order valence-electron chi connectivity index (χ2n) is 8.24. The Kier molecular flexibility index (Phi) is 5.28. The summed E-state index contributed by atoms with van der Waals surface area (Å²) in [7, 11) is 0. The number of benzene rings is 3. The lowest BCUT2D eigenvalue weighted by Gasteiger charge is -2.22. The van der Waals surface area contributed by atoms with Crippen molar-refractivity contribution in [2.24, 2.45) is 0 Å². The topological polar surface area (TPSA) is 83.4 Å². The molecule has 3 aromatic carbocycles. The molecule has 9 heteroatoms. The van der Waals surface area contributed by atoms with Crippen molar-refractivity contribution >= 4 is 66.5 Å². The largest absolute Gasteiger partial charge is 0.507 e. The summed E-state index contributed by atoms with van der Waals surface area (Å²) in [6.07, 6.45) is 3.08. The first-order valence-corrected chi connectivity index (χ1v) is 12.1. The highest BCUT2D eigenvalue weighted by atomic mass is 35.5. The number of pyridine rings is 1. The fourth-order valence-electron chi connectivity index (χ4n) is 4.40. The molecule has 1 amide bonds. The number of amides is 1. The van der Waals surface area contributed by atoms with Crippen LogP contribution in [0.3, 0.4) is 0 Å². The lowest BCUT2D eigenvalue weighted by atomic mass is 9.95. The van der Waals surface area contributed by atoms with Crippen LogP contribution in [0.2, 0.25) is 5.02 Å². The van der Waals surface area contributed by atoms with Gasteiger partial charge in [-0.2, -0.15) is 0 Å². The van der Waals surface area contributed by atoms with Gasteiger partial charge < -0.3 is 5.11 Å². The maximum atomic E-state index is 14.0. The SMILES string of the molecule is O=C1C(=O)N(c2nc3cc(Cl)c(F)cc3s2)C(c2ccncc2)/C1=C(\O)c1ccc2ccccc2c1. The Bertz CT molecular complexity index is 1700. The first kappa shape index (κ1) is 22.3. The summed E-state index contributed by atoms with van der Waals surface area (Å²) in [5, 5.41) is 13.3. The first-order valence-electron chi connectivity index (χ1n) is 10.9. The second kappa shape index (κ2) is 8.51. The van der Waals surface area contributed by atoms with Crippen molar-refractivity contribution in [1.29, 1.82) is 0 Å². The number of hydrogen-bond donors (Lipinski definition) is 1. The van der Waals surface area contributed by atoms with E-state index < -0.39 is 23.5 Å². The van der Waals surface area contributed by atoms with E-state index >= 15 is 0 Å². The van der Waals surface area contributed by atoms with Crippen LogP contribution in [0.4, 0.5) is 9.52 Å². The van der Waals surface area contributed by atoms with Crippen molar-refractivity contribution in [1.82, 2.24) is 9.97 Å². The van der Waals surface area contributed by atoms with E-state index in [1.165, 1.54) is 17.0 Å². The number of carbonyl (C=O) groups excluding carboxylic acids is 2. The number of anilines is 1. The van der Waals surface area contributed by atoms with Crippen molar-refractivity contribution < 1.29 is 19.1 Å². The predicted molar refractivity (Wildman–Crippen MR) is 138 cm³/mol. The van der Waals surface area contributed by atoms with Gasteiger partial charge in [-0.1, -0.05) is 59.3 Å². The average molecular weight is 516 g/mol. The minimum Gasteiger partial charge on any atom is -0.507 e. The highest BCUT2D eigenvalue weighted by Crippen LogP contribution is 2.44. The van der Waals surface area contributed by atoms with Crippen molar-refractivity contribution in [3.05, 3.63) is 107 Å². The molecular formula is C27H15ClFN3O3S. The molecule has 1 aliphatic rings. The molecule has 1 atom stereocenters. The molecule has 1 fully saturated rings. The van der Waals surface area contributed by atoms with E-state index in [9.17, 15) is 19.1 Å². The molecular weight excluding hydrogens is 501 g/mol. The zero-order chi connectivity index (χ0) is 25.0. The van der Waals surface area contributed by atoms with E-state index in [1.807, 2.05) is 30.3 Å². The molecule has 0 saturated carbocycles. The average Bonchev–Trinajstić information content (AvgIpc) is 3.41. The van der Waals surface area contributed by atoms with E-state index in [0.717, 1.165) is 22.1 Å². The summed E-state index contributed by atoms with van der Waals surface area (Å²) in [6, 6.07) is 17.9. The molecule has 1 N–H and O–H groups in total. The third-order valence-corrected chi connectivity index (χ3v) is 7.42. The predicted octanol–water partition coefficient (Wildman–Crippen LogP) is 6.26. The monoisotopic (exact) mass is 515 g/mol. The van der Waals surface area contributed by atoms with Gasteiger partial charge in [0.15, 0.2) is 5.13 Å². The third kappa shape index (κ3) is 3.54. The van der Waals surface area contributed by atoms with E-state index in [1.54, 1.807) is 36.7 Å². The number of aromatic nitrogens is 2. The molecule has 1 unspecified atom stereocenters. The fourth-order valence-corrected chi connectivity index (χ4v) is 5.55. The molecule has 5 aromatic rings. The first-order chi connectivity index (χ1) is 17.4. The maximum absolute atomic E-state index is 14.0. The number of nitrogens with zero attached hydrogens (tertiary/aromatic N) is 3. The van der Waals surface area contributed by atoms with E-state index in [4.69, 9.17) is 11.6 Å². The Labute approximate surface area is 212 Å². The molecule has 176 valence electrons. The summed E-state index contributed by atoms with van der Waals surface area (Å²) in [4.78, 5) is 36.4. The number of ketones is 1. The van der Waals surface area contributed by atoms with Gasteiger partial charge in [0.2, 0.25) is 0 Å². The van der Waals surface area contributed by atoms with Crippen LogP contribution in [0.5, 0.6) is 0 Å². The summed E-state index contributed by atoms with van der Waals surface area (Å²) in [6.45, 7) is 0. The van der Waals surface area contributed by atoms with Gasteiger partial charge in [-0.05, 0) is 46.7 Å². The number of hydrogen-bond acceptors (Lipinski definition) is 6. The Hall–Kier alpha value is -4.14. The van der Waals surface area contributed by atoms with Crippen LogP contribution < -0.4 is 4.90 Å². The number of thiazole rings is 1. The number of Topliss-reactive ketones (excluding diaryl/α,β-unsaturated/α-hetero) is 1. The zero-order valence-electron chi connectivity index (χ0n) is 18.4. The number of aliphatic hydroxyl groups is 1.